The van der Waals surface area contributed by atoms with Gasteiger partial charge in [-0.15, -0.1) is 11.3 Å². The third-order valence-electron chi connectivity index (χ3n) is 5.51. The standard InChI is InChI=1S/C23H24N2O5S2/c1-15-21(24-23(31-15)25-32(28,29)19-5-3-2-4-6-19)11-12-30-18-9-10-20-16(13-18)7-8-17(20)14-22(26)27/h2-6,9-10,13,17H,7-8,11-12,14H2,1H3,(H,24,25)(H,26,27)/t17-/m0/s1. The van der Waals surface area contributed by atoms with Gasteiger partial charge in [-0.3, -0.25) is 9.52 Å². The molecule has 1 aliphatic rings. The summed E-state index contributed by atoms with van der Waals surface area (Å²) in [6.07, 6.45) is 2.42. The number of nitrogens with zero attached hydrogens (tertiary/aromatic N) is 1. The van der Waals surface area contributed by atoms with Crippen LogP contribution in [0.25, 0.3) is 0 Å². The molecular weight excluding hydrogens is 448 g/mol. The number of aryl methyl sites for hydroxylation is 2. The SMILES string of the molecule is Cc1sc(NS(=O)(=O)c2ccccc2)nc1CCOc1ccc2c(c1)CC[C@H]2CC(=O)O. The molecule has 0 aliphatic heterocycles. The van der Waals surface area contributed by atoms with Gasteiger partial charge in [-0.25, -0.2) is 13.4 Å². The van der Waals surface area contributed by atoms with Crippen molar-refractivity contribution in [2.45, 2.75) is 43.4 Å². The predicted octanol–water partition coefficient (Wildman–Crippen LogP) is 4.38. The van der Waals surface area contributed by atoms with E-state index in [2.05, 4.69) is 9.71 Å². The fraction of sp³-hybridized carbons (Fsp3) is 0.304. The maximum Gasteiger partial charge on any atom is 0.303 e. The van der Waals surface area contributed by atoms with E-state index in [0.717, 1.165) is 40.3 Å². The van der Waals surface area contributed by atoms with Crippen molar-refractivity contribution in [2.75, 3.05) is 11.3 Å². The van der Waals surface area contributed by atoms with Gasteiger partial charge in [0.05, 0.1) is 23.6 Å². The molecule has 4 rings (SSSR count). The second-order valence-corrected chi connectivity index (χ2v) is 10.6. The van der Waals surface area contributed by atoms with E-state index in [9.17, 15) is 13.2 Å². The lowest BCUT2D eigenvalue weighted by atomic mass is 9.98. The van der Waals surface area contributed by atoms with Crippen LogP contribution in [0.4, 0.5) is 5.13 Å². The van der Waals surface area contributed by atoms with E-state index in [1.165, 1.54) is 23.5 Å². The molecule has 2 N–H and O–H groups in total. The van der Waals surface area contributed by atoms with Crippen LogP contribution in [0.1, 0.15) is 40.5 Å². The lowest BCUT2D eigenvalue weighted by Crippen LogP contribution is -2.12. The van der Waals surface area contributed by atoms with Gasteiger partial charge < -0.3 is 9.84 Å². The van der Waals surface area contributed by atoms with Crippen molar-refractivity contribution in [2.24, 2.45) is 0 Å². The Morgan fingerprint density at radius 1 is 1.25 bits per heavy atom. The summed E-state index contributed by atoms with van der Waals surface area (Å²) in [5.74, 6) is 0.0529. The highest BCUT2D eigenvalue weighted by atomic mass is 32.2. The monoisotopic (exact) mass is 472 g/mol. The number of ether oxygens (including phenoxy) is 1. The minimum Gasteiger partial charge on any atom is -0.493 e. The molecule has 9 heteroatoms. The van der Waals surface area contributed by atoms with Crippen molar-refractivity contribution in [3.63, 3.8) is 0 Å². The predicted molar refractivity (Wildman–Crippen MR) is 123 cm³/mol. The van der Waals surface area contributed by atoms with Gasteiger partial charge in [0.1, 0.15) is 5.75 Å². The van der Waals surface area contributed by atoms with Gasteiger partial charge in [-0.05, 0) is 61.1 Å². The molecule has 1 heterocycles. The average molecular weight is 473 g/mol. The Labute approximate surface area is 191 Å². The molecule has 0 fully saturated rings. The largest absolute Gasteiger partial charge is 0.493 e. The molecule has 3 aromatic rings. The van der Waals surface area contributed by atoms with Crippen LogP contribution in [-0.4, -0.2) is 31.1 Å². The highest BCUT2D eigenvalue weighted by Crippen LogP contribution is 2.37. The molecule has 1 aromatic heterocycles. The molecule has 0 unspecified atom stereocenters. The van der Waals surface area contributed by atoms with Gasteiger partial charge in [0, 0.05) is 11.3 Å². The van der Waals surface area contributed by atoms with Gasteiger partial charge >= 0.3 is 5.97 Å². The van der Waals surface area contributed by atoms with Crippen LogP contribution in [0.3, 0.4) is 0 Å². The first-order valence-corrected chi connectivity index (χ1v) is 12.6. The number of carboxylic acids is 1. The Morgan fingerprint density at radius 3 is 2.78 bits per heavy atom. The number of aromatic nitrogens is 1. The van der Waals surface area contributed by atoms with Crippen LogP contribution in [0, 0.1) is 6.92 Å². The van der Waals surface area contributed by atoms with E-state index in [1.54, 1.807) is 18.2 Å². The minimum absolute atomic E-state index is 0.0762. The van der Waals surface area contributed by atoms with E-state index in [0.29, 0.717) is 18.2 Å². The van der Waals surface area contributed by atoms with Crippen LogP contribution >= 0.6 is 11.3 Å². The number of hydrogen-bond acceptors (Lipinski definition) is 6. The zero-order chi connectivity index (χ0) is 22.7. The molecule has 0 amide bonds. The second-order valence-electron chi connectivity index (χ2n) is 7.73. The summed E-state index contributed by atoms with van der Waals surface area (Å²) >= 11 is 1.30. The number of sulfonamides is 1. The van der Waals surface area contributed by atoms with Crippen molar-refractivity contribution < 1.29 is 23.1 Å². The van der Waals surface area contributed by atoms with E-state index in [1.807, 2.05) is 25.1 Å². The van der Waals surface area contributed by atoms with E-state index in [4.69, 9.17) is 9.84 Å². The summed E-state index contributed by atoms with van der Waals surface area (Å²) in [4.78, 5) is 16.6. The number of aliphatic carboxylic acids is 1. The third-order valence-corrected chi connectivity index (χ3v) is 7.93. The lowest BCUT2D eigenvalue weighted by molar-refractivity contribution is -0.137. The molecule has 0 spiro atoms. The van der Waals surface area contributed by atoms with E-state index >= 15 is 0 Å². The second kappa shape index (κ2) is 9.30. The number of carbonyl (C=O) groups is 1. The first kappa shape index (κ1) is 22.3. The Balaban J connectivity index is 1.35. The van der Waals surface area contributed by atoms with Crippen LogP contribution < -0.4 is 9.46 Å². The highest BCUT2D eigenvalue weighted by molar-refractivity contribution is 7.93. The number of hydrogen-bond donors (Lipinski definition) is 2. The Kier molecular flexibility index (Phi) is 6.48. The Hall–Kier alpha value is -2.91. The van der Waals surface area contributed by atoms with Crippen molar-refractivity contribution in [1.29, 1.82) is 0 Å². The normalized spacial score (nSPS) is 15.3. The summed E-state index contributed by atoms with van der Waals surface area (Å²) in [5, 5.41) is 9.39. The van der Waals surface area contributed by atoms with Crippen LogP contribution in [0.15, 0.2) is 53.4 Å². The molecule has 1 atom stereocenters. The number of carboxylic acid groups (broad SMARTS) is 1. The fourth-order valence-electron chi connectivity index (χ4n) is 3.94. The van der Waals surface area contributed by atoms with E-state index in [-0.39, 0.29) is 17.2 Å². The summed E-state index contributed by atoms with van der Waals surface area (Å²) < 4.78 is 33.4. The average Bonchev–Trinajstić information content (AvgIpc) is 3.30. The molecule has 0 saturated carbocycles. The third kappa shape index (κ3) is 5.11. The first-order chi connectivity index (χ1) is 15.3. The first-order valence-electron chi connectivity index (χ1n) is 10.3. The molecule has 7 nitrogen and oxygen atoms in total. The summed E-state index contributed by atoms with van der Waals surface area (Å²) in [5.41, 5.74) is 3.05. The van der Waals surface area contributed by atoms with Crippen molar-refractivity contribution in [1.82, 2.24) is 4.98 Å². The summed E-state index contributed by atoms with van der Waals surface area (Å²) in [6, 6.07) is 14.0. The molecule has 0 radical (unpaired) electrons. The molecular formula is C23H24N2O5S2. The topological polar surface area (TPSA) is 106 Å². The van der Waals surface area contributed by atoms with Crippen LogP contribution in [0.5, 0.6) is 5.75 Å². The number of rotatable bonds is 9. The maximum atomic E-state index is 12.5. The smallest absolute Gasteiger partial charge is 0.303 e. The highest BCUT2D eigenvalue weighted by Gasteiger charge is 2.25. The summed E-state index contributed by atoms with van der Waals surface area (Å²) in [6.45, 7) is 2.32. The number of thiazole rings is 1. The Bertz CT molecular complexity index is 1220. The van der Waals surface area contributed by atoms with Crippen molar-refractivity contribution >= 4 is 32.5 Å². The van der Waals surface area contributed by atoms with Crippen molar-refractivity contribution in [3.05, 3.63) is 70.2 Å². The minimum atomic E-state index is -3.67. The molecule has 2 aromatic carbocycles. The van der Waals surface area contributed by atoms with Gasteiger partial charge in [-0.2, -0.15) is 0 Å². The van der Waals surface area contributed by atoms with Gasteiger partial charge in [0.15, 0.2) is 5.13 Å². The number of fused-ring (bicyclic) bond motifs is 1. The Morgan fingerprint density at radius 2 is 2.03 bits per heavy atom. The van der Waals surface area contributed by atoms with Crippen LogP contribution in [-0.2, 0) is 27.7 Å². The molecule has 0 bridgehead atoms. The maximum absolute atomic E-state index is 12.5. The fourth-order valence-corrected chi connectivity index (χ4v) is 6.05. The molecule has 168 valence electrons. The number of nitrogens with one attached hydrogen (secondary N) is 1. The molecule has 0 saturated heterocycles. The van der Waals surface area contributed by atoms with Gasteiger partial charge in [0.25, 0.3) is 10.0 Å². The van der Waals surface area contributed by atoms with Gasteiger partial charge in [-0.1, -0.05) is 24.3 Å². The quantitative estimate of drug-likeness (QED) is 0.479. The van der Waals surface area contributed by atoms with E-state index < -0.39 is 16.0 Å². The number of benzene rings is 2. The lowest BCUT2D eigenvalue weighted by Gasteiger charge is -2.10. The molecule has 32 heavy (non-hydrogen) atoms. The number of anilines is 1. The summed E-state index contributed by atoms with van der Waals surface area (Å²) in [7, 11) is -3.67. The van der Waals surface area contributed by atoms with Crippen LogP contribution in [0.2, 0.25) is 0 Å². The zero-order valence-corrected chi connectivity index (χ0v) is 19.2. The zero-order valence-electron chi connectivity index (χ0n) is 17.6. The van der Waals surface area contributed by atoms with Crippen molar-refractivity contribution in [3.8, 4) is 5.75 Å². The molecule has 1 aliphatic carbocycles. The van der Waals surface area contributed by atoms with Gasteiger partial charge in [0.2, 0.25) is 0 Å².